The van der Waals surface area contributed by atoms with Gasteiger partial charge in [-0.2, -0.15) is 0 Å². The lowest BCUT2D eigenvalue weighted by Gasteiger charge is -2.03. The second-order valence-electron chi connectivity index (χ2n) is 5.32. The van der Waals surface area contributed by atoms with E-state index in [-0.39, 0.29) is 13.4 Å². The number of fused-ring (bicyclic) bond motifs is 1. The van der Waals surface area contributed by atoms with E-state index in [2.05, 4.69) is 4.98 Å². The molecule has 2 N–H and O–H groups in total. The van der Waals surface area contributed by atoms with Gasteiger partial charge in [0.2, 0.25) is 6.79 Å². The van der Waals surface area contributed by atoms with E-state index < -0.39 is 0 Å². The number of ether oxygens (including phenoxy) is 2. The number of hydrogen-bond donors (Lipinski definition) is 2. The molecule has 0 unspecified atom stereocenters. The molecule has 116 valence electrons. The molecule has 0 saturated heterocycles. The van der Waals surface area contributed by atoms with Crippen LogP contribution >= 0.6 is 0 Å². The van der Waals surface area contributed by atoms with Crippen molar-refractivity contribution in [2.75, 3.05) is 13.4 Å². The van der Waals surface area contributed by atoms with Crippen molar-refractivity contribution < 1.29 is 14.6 Å². The number of aliphatic hydroxyl groups is 1. The van der Waals surface area contributed by atoms with Gasteiger partial charge < -0.3 is 19.6 Å². The lowest BCUT2D eigenvalue weighted by atomic mass is 10.1. The zero-order chi connectivity index (χ0) is 15.6. The fourth-order valence-corrected chi connectivity index (χ4v) is 2.72. The minimum Gasteiger partial charge on any atom is -0.454 e. The Balaban J connectivity index is 1.79. The van der Waals surface area contributed by atoms with Crippen LogP contribution in [0.3, 0.4) is 0 Å². The first-order valence-electron chi connectivity index (χ1n) is 7.50. The molecule has 0 bridgehead atoms. The normalized spacial score (nSPS) is 12.6. The lowest BCUT2D eigenvalue weighted by molar-refractivity contribution is 0.174. The Morgan fingerprint density at radius 1 is 1.00 bits per heavy atom. The Morgan fingerprint density at radius 2 is 1.83 bits per heavy atom. The van der Waals surface area contributed by atoms with Crippen LogP contribution in [0.2, 0.25) is 0 Å². The van der Waals surface area contributed by atoms with Crippen LogP contribution < -0.4 is 9.47 Å². The van der Waals surface area contributed by atoms with Crippen LogP contribution in [0.4, 0.5) is 0 Å². The molecule has 0 amide bonds. The highest BCUT2D eigenvalue weighted by Crippen LogP contribution is 2.37. The van der Waals surface area contributed by atoms with Crippen molar-refractivity contribution in [3.05, 3.63) is 54.2 Å². The number of aliphatic hydroxyl groups excluding tert-OH is 1. The Morgan fingerprint density at radius 3 is 2.65 bits per heavy atom. The van der Waals surface area contributed by atoms with E-state index in [4.69, 9.17) is 14.5 Å². The van der Waals surface area contributed by atoms with E-state index in [1.54, 1.807) is 0 Å². The van der Waals surface area contributed by atoms with Crippen LogP contribution in [0.15, 0.2) is 48.5 Å². The number of H-pyrrole nitrogens is 1. The summed E-state index contributed by atoms with van der Waals surface area (Å²) in [5.41, 5.74) is 3.69. The second-order valence-corrected chi connectivity index (χ2v) is 5.32. The van der Waals surface area contributed by atoms with E-state index >= 15 is 0 Å². The first kappa shape index (κ1) is 13.8. The Hall–Kier alpha value is -2.79. The minimum atomic E-state index is 0.0635. The fourth-order valence-electron chi connectivity index (χ4n) is 2.72. The van der Waals surface area contributed by atoms with E-state index in [0.29, 0.717) is 6.42 Å². The van der Waals surface area contributed by atoms with E-state index in [0.717, 1.165) is 39.8 Å². The molecule has 5 nitrogen and oxygen atoms in total. The van der Waals surface area contributed by atoms with Crippen molar-refractivity contribution in [2.45, 2.75) is 6.42 Å². The van der Waals surface area contributed by atoms with Crippen molar-refractivity contribution in [3.63, 3.8) is 0 Å². The lowest BCUT2D eigenvalue weighted by Crippen LogP contribution is -1.94. The van der Waals surface area contributed by atoms with Crippen molar-refractivity contribution in [1.29, 1.82) is 0 Å². The fraction of sp³-hybridized carbons (Fsp3) is 0.167. The van der Waals surface area contributed by atoms with Crippen LogP contribution in [-0.4, -0.2) is 28.5 Å². The van der Waals surface area contributed by atoms with Crippen LogP contribution in [0.5, 0.6) is 11.5 Å². The zero-order valence-electron chi connectivity index (χ0n) is 12.5. The Labute approximate surface area is 133 Å². The third-order valence-electron chi connectivity index (χ3n) is 3.83. The number of aromatic amines is 1. The number of benzene rings is 2. The van der Waals surface area contributed by atoms with Gasteiger partial charge in [0, 0.05) is 29.8 Å². The van der Waals surface area contributed by atoms with Gasteiger partial charge in [0.15, 0.2) is 11.5 Å². The molecule has 4 rings (SSSR count). The van der Waals surface area contributed by atoms with Crippen molar-refractivity contribution in [3.8, 4) is 34.1 Å². The van der Waals surface area contributed by atoms with Crippen molar-refractivity contribution in [1.82, 2.24) is 9.97 Å². The number of nitrogens with zero attached hydrogens (tertiary/aromatic N) is 1. The summed E-state index contributed by atoms with van der Waals surface area (Å²) >= 11 is 0. The third kappa shape index (κ3) is 2.55. The number of hydrogen-bond acceptors (Lipinski definition) is 4. The molecule has 2 heterocycles. The monoisotopic (exact) mass is 308 g/mol. The zero-order valence-corrected chi connectivity index (χ0v) is 12.5. The van der Waals surface area contributed by atoms with Crippen LogP contribution in [0.1, 0.15) is 5.69 Å². The van der Waals surface area contributed by atoms with E-state index in [1.165, 1.54) is 0 Å². The molecule has 0 fully saturated rings. The highest BCUT2D eigenvalue weighted by Gasteiger charge is 2.18. The average Bonchev–Trinajstić information content (AvgIpc) is 3.22. The molecule has 1 aliphatic rings. The summed E-state index contributed by atoms with van der Waals surface area (Å²) in [6.07, 6.45) is 0.517. The highest BCUT2D eigenvalue weighted by atomic mass is 16.7. The van der Waals surface area contributed by atoms with Gasteiger partial charge in [-0.25, -0.2) is 4.98 Å². The van der Waals surface area contributed by atoms with Crippen LogP contribution in [-0.2, 0) is 6.42 Å². The van der Waals surface area contributed by atoms with Gasteiger partial charge in [-0.05, 0) is 18.2 Å². The number of imidazole rings is 1. The number of rotatable bonds is 4. The quantitative estimate of drug-likeness (QED) is 0.777. The van der Waals surface area contributed by atoms with Gasteiger partial charge in [-0.1, -0.05) is 30.3 Å². The molecule has 1 aromatic heterocycles. The molecule has 0 spiro atoms. The van der Waals surface area contributed by atoms with Gasteiger partial charge in [0.05, 0.1) is 5.69 Å². The summed E-state index contributed by atoms with van der Waals surface area (Å²) in [5.74, 6) is 2.26. The molecule has 0 aliphatic carbocycles. The standard InChI is InChI=1S/C18H16N2O3/c21-9-8-14-17(13-6-7-15-16(10-13)23-11-22-15)20-18(19-14)12-4-2-1-3-5-12/h1-7,10,21H,8-9,11H2,(H,19,20). The van der Waals surface area contributed by atoms with Gasteiger partial charge >= 0.3 is 0 Å². The smallest absolute Gasteiger partial charge is 0.231 e. The first-order valence-corrected chi connectivity index (χ1v) is 7.50. The Kier molecular flexibility index (Phi) is 3.48. The minimum absolute atomic E-state index is 0.0635. The molecule has 1 aliphatic heterocycles. The molecule has 0 radical (unpaired) electrons. The predicted molar refractivity (Wildman–Crippen MR) is 86.4 cm³/mol. The van der Waals surface area contributed by atoms with Crippen molar-refractivity contribution >= 4 is 0 Å². The maximum absolute atomic E-state index is 9.33. The average molecular weight is 308 g/mol. The summed E-state index contributed by atoms with van der Waals surface area (Å²) in [5, 5.41) is 9.33. The van der Waals surface area contributed by atoms with Crippen molar-refractivity contribution in [2.24, 2.45) is 0 Å². The maximum atomic E-state index is 9.33. The molecule has 5 heteroatoms. The highest BCUT2D eigenvalue weighted by molar-refractivity contribution is 5.70. The van der Waals surface area contributed by atoms with Gasteiger partial charge in [0.25, 0.3) is 0 Å². The topological polar surface area (TPSA) is 67.4 Å². The molecule has 0 atom stereocenters. The summed E-state index contributed by atoms with van der Waals surface area (Å²) in [4.78, 5) is 8.05. The predicted octanol–water partition coefficient (Wildman–Crippen LogP) is 3.01. The second kappa shape index (κ2) is 5.78. The number of nitrogens with one attached hydrogen (secondary N) is 1. The van der Waals surface area contributed by atoms with Gasteiger partial charge in [-0.15, -0.1) is 0 Å². The first-order chi connectivity index (χ1) is 11.3. The summed E-state index contributed by atoms with van der Waals surface area (Å²) in [6.45, 7) is 0.312. The molecule has 3 aromatic rings. The SMILES string of the molecule is OCCc1[nH]c(-c2ccccc2)nc1-c1ccc2c(c1)OCO2. The van der Waals surface area contributed by atoms with Gasteiger partial charge in [0.1, 0.15) is 5.82 Å². The maximum Gasteiger partial charge on any atom is 0.231 e. The molecule has 0 saturated carbocycles. The molecule has 2 aromatic carbocycles. The summed E-state index contributed by atoms with van der Waals surface area (Å²) in [7, 11) is 0. The number of aromatic nitrogens is 2. The van der Waals surface area contributed by atoms with E-state index in [1.807, 2.05) is 48.5 Å². The molecule has 23 heavy (non-hydrogen) atoms. The Bertz CT molecular complexity index is 828. The summed E-state index contributed by atoms with van der Waals surface area (Å²) < 4.78 is 10.8. The third-order valence-corrected chi connectivity index (χ3v) is 3.83. The largest absolute Gasteiger partial charge is 0.454 e. The van der Waals surface area contributed by atoms with Crippen LogP contribution in [0.25, 0.3) is 22.6 Å². The van der Waals surface area contributed by atoms with Gasteiger partial charge in [-0.3, -0.25) is 0 Å². The van der Waals surface area contributed by atoms with Crippen LogP contribution in [0, 0.1) is 0 Å². The molecular formula is C18H16N2O3. The molecular weight excluding hydrogens is 292 g/mol. The summed E-state index contributed by atoms with van der Waals surface area (Å²) in [6, 6.07) is 15.7. The van der Waals surface area contributed by atoms with E-state index in [9.17, 15) is 5.11 Å².